The van der Waals surface area contributed by atoms with E-state index in [1.165, 1.54) is 12.8 Å². The Morgan fingerprint density at radius 1 is 1.41 bits per heavy atom. The summed E-state index contributed by atoms with van der Waals surface area (Å²) in [6, 6.07) is 5.12. The summed E-state index contributed by atoms with van der Waals surface area (Å²) >= 11 is 0. The van der Waals surface area contributed by atoms with Gasteiger partial charge in [-0.05, 0) is 37.6 Å². The van der Waals surface area contributed by atoms with Crippen LogP contribution in [0.4, 0.5) is 11.4 Å². The third kappa shape index (κ3) is 2.72. The van der Waals surface area contributed by atoms with Crippen LogP contribution in [0, 0.1) is 10.1 Å². The Labute approximate surface area is 99.5 Å². The molecule has 0 aliphatic carbocycles. The molecule has 3 N–H and O–H groups in total. The van der Waals surface area contributed by atoms with Gasteiger partial charge in [0.1, 0.15) is 5.69 Å². The second-order valence-corrected chi connectivity index (χ2v) is 4.24. The van der Waals surface area contributed by atoms with E-state index in [1.54, 1.807) is 12.1 Å². The zero-order chi connectivity index (χ0) is 12.3. The van der Waals surface area contributed by atoms with Crippen LogP contribution in [0.1, 0.15) is 18.4 Å². The van der Waals surface area contributed by atoms with Gasteiger partial charge in [0, 0.05) is 12.6 Å². The van der Waals surface area contributed by atoms with Gasteiger partial charge in [0.05, 0.1) is 4.92 Å². The molecule has 92 valence electrons. The van der Waals surface area contributed by atoms with Gasteiger partial charge in [-0.25, -0.2) is 0 Å². The van der Waals surface area contributed by atoms with Crippen molar-refractivity contribution in [2.45, 2.75) is 19.4 Å². The van der Waals surface area contributed by atoms with Crippen LogP contribution in [-0.4, -0.2) is 22.9 Å². The largest absolute Gasteiger partial charge is 0.318 e. The van der Waals surface area contributed by atoms with Crippen LogP contribution in [0.15, 0.2) is 18.2 Å². The molecule has 17 heavy (non-hydrogen) atoms. The van der Waals surface area contributed by atoms with Crippen molar-refractivity contribution in [3.05, 3.63) is 33.9 Å². The van der Waals surface area contributed by atoms with E-state index in [2.05, 4.69) is 10.3 Å². The summed E-state index contributed by atoms with van der Waals surface area (Å²) in [4.78, 5) is 12.8. The molecule has 0 aromatic heterocycles. The summed E-state index contributed by atoms with van der Waals surface area (Å²) < 4.78 is 0. The number of nitrogens with two attached hydrogens (primary N) is 1. The zero-order valence-electron chi connectivity index (χ0n) is 9.56. The molecule has 1 fully saturated rings. The molecule has 0 unspecified atom stereocenters. The molecule has 6 heteroatoms. The predicted molar refractivity (Wildman–Crippen MR) is 65.4 cm³/mol. The number of anilines is 1. The lowest BCUT2D eigenvalue weighted by molar-refractivity contribution is -0.384. The number of rotatable bonds is 4. The van der Waals surface area contributed by atoms with Crippen LogP contribution >= 0.6 is 0 Å². The lowest BCUT2D eigenvalue weighted by atomic mass is 10.1. The molecular weight excluding hydrogens is 220 g/mol. The molecular formula is C11H16N4O2. The maximum absolute atomic E-state index is 10.9. The fraction of sp³-hybridized carbons (Fsp3) is 0.455. The number of hydrazine groups is 1. The summed E-state index contributed by atoms with van der Waals surface area (Å²) in [5.41, 5.74) is 3.68. The number of nitrogens with zero attached hydrogens (tertiary/aromatic N) is 2. The number of hydrogen-bond acceptors (Lipinski definition) is 5. The first-order valence-corrected chi connectivity index (χ1v) is 5.67. The molecule has 0 radical (unpaired) electrons. The van der Waals surface area contributed by atoms with Gasteiger partial charge in [0.25, 0.3) is 5.69 Å². The number of nitro groups is 1. The molecule has 0 bridgehead atoms. The number of hydrogen-bond donors (Lipinski definition) is 2. The van der Waals surface area contributed by atoms with E-state index in [0.717, 1.165) is 25.2 Å². The Morgan fingerprint density at radius 2 is 2.12 bits per heavy atom. The highest BCUT2D eigenvalue weighted by molar-refractivity contribution is 5.61. The highest BCUT2D eigenvalue weighted by Gasteiger charge is 2.16. The van der Waals surface area contributed by atoms with E-state index >= 15 is 0 Å². The van der Waals surface area contributed by atoms with Gasteiger partial charge >= 0.3 is 0 Å². The summed E-state index contributed by atoms with van der Waals surface area (Å²) in [5, 5.41) is 10.9. The van der Waals surface area contributed by atoms with Crippen LogP contribution in [0.25, 0.3) is 0 Å². The Kier molecular flexibility index (Phi) is 3.55. The van der Waals surface area contributed by atoms with Gasteiger partial charge in [0.2, 0.25) is 0 Å². The molecule has 1 aromatic carbocycles. The third-order valence-corrected chi connectivity index (χ3v) is 3.02. The molecule has 1 aliphatic rings. The minimum atomic E-state index is -0.414. The number of benzene rings is 1. The van der Waals surface area contributed by atoms with Crippen LogP contribution in [0.2, 0.25) is 0 Å². The summed E-state index contributed by atoms with van der Waals surface area (Å²) in [6.45, 7) is 2.92. The van der Waals surface area contributed by atoms with E-state index in [1.807, 2.05) is 6.07 Å². The first-order valence-electron chi connectivity index (χ1n) is 5.67. The highest BCUT2D eigenvalue weighted by Crippen LogP contribution is 2.25. The van der Waals surface area contributed by atoms with Crippen LogP contribution < -0.4 is 11.3 Å². The molecule has 0 saturated carbocycles. The van der Waals surface area contributed by atoms with Gasteiger partial charge in [0.15, 0.2) is 0 Å². The standard InChI is InChI=1S/C11H16N4O2/c12-13-10-4-3-9(7-11(10)15(16)17)8-14-5-1-2-6-14/h3-4,7,13H,1-2,5-6,8,12H2. The predicted octanol–water partition coefficient (Wildman–Crippen LogP) is 1.48. The number of likely N-dealkylation sites (tertiary alicyclic amines) is 1. The highest BCUT2D eigenvalue weighted by atomic mass is 16.6. The number of nitro benzene ring substituents is 1. The smallest absolute Gasteiger partial charge is 0.293 e. The molecule has 1 heterocycles. The SMILES string of the molecule is NNc1ccc(CN2CCCC2)cc1[N+](=O)[O-]. The summed E-state index contributed by atoms with van der Waals surface area (Å²) in [6.07, 6.45) is 2.43. The zero-order valence-corrected chi connectivity index (χ0v) is 9.56. The van der Waals surface area contributed by atoms with Crippen molar-refractivity contribution in [3.8, 4) is 0 Å². The first-order chi connectivity index (χ1) is 8.20. The second kappa shape index (κ2) is 5.11. The van der Waals surface area contributed by atoms with Crippen LogP contribution in [0.3, 0.4) is 0 Å². The van der Waals surface area contributed by atoms with E-state index in [0.29, 0.717) is 5.69 Å². The Morgan fingerprint density at radius 3 is 2.71 bits per heavy atom. The maximum atomic E-state index is 10.9. The van der Waals surface area contributed by atoms with E-state index in [9.17, 15) is 10.1 Å². The first kappa shape index (κ1) is 11.8. The Hall–Kier alpha value is -1.66. The van der Waals surface area contributed by atoms with Crippen molar-refractivity contribution in [2.24, 2.45) is 5.84 Å². The van der Waals surface area contributed by atoms with Crippen molar-refractivity contribution in [2.75, 3.05) is 18.5 Å². The van der Waals surface area contributed by atoms with Crippen molar-refractivity contribution < 1.29 is 4.92 Å². The van der Waals surface area contributed by atoms with Gasteiger partial charge < -0.3 is 5.43 Å². The van der Waals surface area contributed by atoms with E-state index in [4.69, 9.17) is 5.84 Å². The van der Waals surface area contributed by atoms with E-state index < -0.39 is 4.92 Å². The minimum Gasteiger partial charge on any atom is -0.318 e. The third-order valence-electron chi connectivity index (χ3n) is 3.02. The van der Waals surface area contributed by atoms with Gasteiger partial charge in [-0.1, -0.05) is 6.07 Å². The maximum Gasteiger partial charge on any atom is 0.293 e. The van der Waals surface area contributed by atoms with Crippen LogP contribution in [0.5, 0.6) is 0 Å². The number of nitrogen functional groups attached to an aromatic ring is 1. The fourth-order valence-electron chi connectivity index (χ4n) is 2.15. The molecule has 2 rings (SSSR count). The molecule has 0 atom stereocenters. The summed E-state index contributed by atoms with van der Waals surface area (Å²) in [5.74, 6) is 5.24. The topological polar surface area (TPSA) is 84.4 Å². The average molecular weight is 236 g/mol. The molecule has 0 amide bonds. The van der Waals surface area contributed by atoms with Gasteiger partial charge in [-0.15, -0.1) is 0 Å². The molecule has 1 aliphatic heterocycles. The molecule has 0 spiro atoms. The van der Waals surface area contributed by atoms with Crippen molar-refractivity contribution in [1.29, 1.82) is 0 Å². The van der Waals surface area contributed by atoms with Crippen molar-refractivity contribution in [1.82, 2.24) is 4.90 Å². The Balaban J connectivity index is 2.17. The second-order valence-electron chi connectivity index (χ2n) is 4.24. The monoisotopic (exact) mass is 236 g/mol. The fourth-order valence-corrected chi connectivity index (χ4v) is 2.15. The van der Waals surface area contributed by atoms with Crippen LogP contribution in [-0.2, 0) is 6.54 Å². The van der Waals surface area contributed by atoms with Crippen molar-refractivity contribution in [3.63, 3.8) is 0 Å². The molecule has 1 saturated heterocycles. The summed E-state index contributed by atoms with van der Waals surface area (Å²) in [7, 11) is 0. The molecule has 6 nitrogen and oxygen atoms in total. The van der Waals surface area contributed by atoms with E-state index in [-0.39, 0.29) is 5.69 Å². The minimum absolute atomic E-state index is 0.0317. The van der Waals surface area contributed by atoms with Gasteiger partial charge in [-0.2, -0.15) is 0 Å². The lowest BCUT2D eigenvalue weighted by Crippen LogP contribution is -2.18. The quantitative estimate of drug-likeness (QED) is 0.470. The van der Waals surface area contributed by atoms with Gasteiger partial charge in [-0.3, -0.25) is 20.9 Å². The normalized spacial score (nSPS) is 16.1. The van der Waals surface area contributed by atoms with Crippen molar-refractivity contribution >= 4 is 11.4 Å². The number of nitrogens with one attached hydrogen (secondary N) is 1. The Bertz CT molecular complexity index is 416. The molecule has 1 aromatic rings. The average Bonchev–Trinajstić information content (AvgIpc) is 2.81. The lowest BCUT2D eigenvalue weighted by Gasteiger charge is -2.14.